The molecule has 1 atom stereocenters. The molecular weight excluding hydrogens is 318 g/mol. The van der Waals surface area contributed by atoms with E-state index in [0.717, 1.165) is 44.5 Å². The fraction of sp³-hybridized carbons (Fsp3) is 0.474. The number of unbranched alkanes of at least 4 members (excludes halogenated alkanes) is 2. The molecule has 3 heterocycles. The number of hydrogen-bond donors (Lipinski definition) is 1. The fourth-order valence-electron chi connectivity index (χ4n) is 3.22. The van der Waals surface area contributed by atoms with Gasteiger partial charge in [0.25, 0.3) is 0 Å². The van der Waals surface area contributed by atoms with Crippen LogP contribution < -0.4 is 5.32 Å². The van der Waals surface area contributed by atoms with Crippen molar-refractivity contribution in [3.8, 4) is 0 Å². The van der Waals surface area contributed by atoms with Crippen LogP contribution in [0.25, 0.3) is 0 Å². The van der Waals surface area contributed by atoms with Gasteiger partial charge in [-0.15, -0.1) is 11.3 Å². The van der Waals surface area contributed by atoms with Gasteiger partial charge >= 0.3 is 0 Å². The summed E-state index contributed by atoms with van der Waals surface area (Å²) in [4.78, 5) is 20.3. The molecule has 0 spiro atoms. The lowest BCUT2D eigenvalue weighted by Crippen LogP contribution is -2.48. The van der Waals surface area contributed by atoms with Gasteiger partial charge in [0, 0.05) is 43.3 Å². The summed E-state index contributed by atoms with van der Waals surface area (Å²) in [5.74, 6) is 0.279. The first-order chi connectivity index (χ1) is 11.8. The van der Waals surface area contributed by atoms with Crippen molar-refractivity contribution in [2.24, 2.45) is 0 Å². The number of nitrogens with one attached hydrogen (secondary N) is 1. The van der Waals surface area contributed by atoms with E-state index in [-0.39, 0.29) is 11.9 Å². The molecule has 0 bridgehead atoms. The summed E-state index contributed by atoms with van der Waals surface area (Å²) in [7, 11) is 0. The highest BCUT2D eigenvalue weighted by molar-refractivity contribution is 7.09. The van der Waals surface area contributed by atoms with Crippen LogP contribution in [0.5, 0.6) is 0 Å². The lowest BCUT2D eigenvalue weighted by molar-refractivity contribution is -0.134. The molecule has 0 aliphatic carbocycles. The molecule has 4 nitrogen and oxygen atoms in total. The number of thiophene rings is 1. The molecule has 3 rings (SSSR count). The second-order valence-corrected chi connectivity index (χ2v) is 7.27. The van der Waals surface area contributed by atoms with Crippen molar-refractivity contribution in [2.45, 2.75) is 38.1 Å². The molecule has 1 N–H and O–H groups in total. The number of aryl methyl sites for hydroxylation is 1. The maximum Gasteiger partial charge on any atom is 0.223 e. The highest BCUT2D eigenvalue weighted by atomic mass is 32.1. The van der Waals surface area contributed by atoms with Crippen molar-refractivity contribution < 1.29 is 4.79 Å². The number of nitrogens with zero attached hydrogens (tertiary/aromatic N) is 2. The molecule has 128 valence electrons. The van der Waals surface area contributed by atoms with Crippen molar-refractivity contribution >= 4 is 17.2 Å². The lowest BCUT2D eigenvalue weighted by Gasteiger charge is -2.36. The first kappa shape index (κ1) is 17.1. The number of hydrogen-bond acceptors (Lipinski definition) is 4. The van der Waals surface area contributed by atoms with E-state index in [0.29, 0.717) is 6.42 Å². The number of carbonyl (C=O) groups excluding carboxylic acids is 1. The van der Waals surface area contributed by atoms with E-state index >= 15 is 0 Å². The van der Waals surface area contributed by atoms with Crippen LogP contribution >= 0.6 is 11.3 Å². The van der Waals surface area contributed by atoms with Crippen LogP contribution in [0.15, 0.2) is 42.0 Å². The SMILES string of the molecule is O=C(CCCCCc1cccs1)N1CCNCC1c1cccnc1. The van der Waals surface area contributed by atoms with Gasteiger partial charge in [0.1, 0.15) is 0 Å². The minimum Gasteiger partial charge on any atom is -0.333 e. The molecule has 5 heteroatoms. The summed E-state index contributed by atoms with van der Waals surface area (Å²) < 4.78 is 0. The van der Waals surface area contributed by atoms with Crippen molar-refractivity contribution in [1.82, 2.24) is 15.2 Å². The third kappa shape index (κ3) is 4.65. The summed E-state index contributed by atoms with van der Waals surface area (Å²) in [6.45, 7) is 2.48. The van der Waals surface area contributed by atoms with Crippen LogP contribution in [0.2, 0.25) is 0 Å². The van der Waals surface area contributed by atoms with Crippen molar-refractivity contribution in [3.63, 3.8) is 0 Å². The normalized spacial score (nSPS) is 17.8. The van der Waals surface area contributed by atoms with E-state index in [4.69, 9.17) is 0 Å². The second kappa shape index (κ2) is 8.94. The molecule has 0 saturated carbocycles. The maximum absolute atomic E-state index is 12.7. The van der Waals surface area contributed by atoms with Gasteiger partial charge in [-0.2, -0.15) is 0 Å². The Morgan fingerprint density at radius 2 is 2.25 bits per heavy atom. The lowest BCUT2D eigenvalue weighted by atomic mass is 10.0. The zero-order valence-corrected chi connectivity index (χ0v) is 14.8. The number of rotatable bonds is 7. The monoisotopic (exact) mass is 343 g/mol. The minimum atomic E-state index is 0.117. The zero-order valence-electron chi connectivity index (χ0n) is 14.0. The van der Waals surface area contributed by atoms with Crippen LogP contribution in [0.4, 0.5) is 0 Å². The molecule has 0 aromatic carbocycles. The van der Waals surface area contributed by atoms with Crippen LogP contribution in [0, 0.1) is 0 Å². The Morgan fingerprint density at radius 1 is 1.29 bits per heavy atom. The summed E-state index contributed by atoms with van der Waals surface area (Å²) >= 11 is 1.82. The standard InChI is InChI=1S/C19H25N3OS/c23-19(9-3-1-2-7-17-8-5-13-24-17)22-12-11-21-15-18(22)16-6-4-10-20-14-16/h4-6,8,10,13-14,18,21H,1-3,7,9,11-12,15H2. The predicted molar refractivity (Wildman–Crippen MR) is 98.1 cm³/mol. The van der Waals surface area contributed by atoms with Gasteiger partial charge in [-0.05, 0) is 42.3 Å². The van der Waals surface area contributed by atoms with Gasteiger partial charge in [0.05, 0.1) is 6.04 Å². The van der Waals surface area contributed by atoms with Crippen molar-refractivity contribution in [2.75, 3.05) is 19.6 Å². The third-order valence-corrected chi connectivity index (χ3v) is 5.46. The molecule has 0 radical (unpaired) electrons. The molecule has 1 aliphatic heterocycles. The molecule has 1 fully saturated rings. The average molecular weight is 343 g/mol. The van der Waals surface area contributed by atoms with E-state index in [1.165, 1.54) is 11.3 Å². The molecule has 1 unspecified atom stereocenters. The van der Waals surface area contributed by atoms with Crippen LogP contribution in [-0.2, 0) is 11.2 Å². The number of aromatic nitrogens is 1. The molecular formula is C19H25N3OS. The van der Waals surface area contributed by atoms with Gasteiger partial charge in [-0.1, -0.05) is 18.6 Å². The van der Waals surface area contributed by atoms with Crippen molar-refractivity contribution in [1.29, 1.82) is 0 Å². The molecule has 1 saturated heterocycles. The Hall–Kier alpha value is -1.72. The van der Waals surface area contributed by atoms with Gasteiger partial charge in [-0.25, -0.2) is 0 Å². The van der Waals surface area contributed by atoms with E-state index < -0.39 is 0 Å². The minimum absolute atomic E-state index is 0.117. The summed E-state index contributed by atoms with van der Waals surface area (Å²) in [6.07, 6.45) is 8.71. The molecule has 1 amide bonds. The Kier molecular flexibility index (Phi) is 6.38. The highest BCUT2D eigenvalue weighted by Crippen LogP contribution is 2.23. The van der Waals surface area contributed by atoms with E-state index in [1.54, 1.807) is 6.20 Å². The van der Waals surface area contributed by atoms with Crippen LogP contribution in [-0.4, -0.2) is 35.4 Å². The van der Waals surface area contributed by atoms with E-state index in [1.807, 2.05) is 28.5 Å². The van der Waals surface area contributed by atoms with Crippen LogP contribution in [0.3, 0.4) is 0 Å². The van der Waals surface area contributed by atoms with Gasteiger partial charge in [0.2, 0.25) is 5.91 Å². The average Bonchev–Trinajstić information content (AvgIpc) is 3.15. The fourth-order valence-corrected chi connectivity index (χ4v) is 3.98. The number of amides is 1. The number of piperazine rings is 1. The summed E-state index contributed by atoms with van der Waals surface area (Å²) in [5.41, 5.74) is 1.12. The topological polar surface area (TPSA) is 45.2 Å². The second-order valence-electron chi connectivity index (χ2n) is 6.23. The zero-order chi connectivity index (χ0) is 16.6. The largest absolute Gasteiger partial charge is 0.333 e. The Morgan fingerprint density at radius 3 is 3.04 bits per heavy atom. The first-order valence-corrected chi connectivity index (χ1v) is 9.65. The first-order valence-electron chi connectivity index (χ1n) is 8.77. The van der Waals surface area contributed by atoms with E-state index in [9.17, 15) is 4.79 Å². The Bertz CT molecular complexity index is 615. The smallest absolute Gasteiger partial charge is 0.223 e. The number of carbonyl (C=O) groups is 1. The van der Waals surface area contributed by atoms with E-state index in [2.05, 4.69) is 33.9 Å². The predicted octanol–water partition coefficient (Wildman–Crippen LogP) is 3.42. The number of pyridine rings is 1. The van der Waals surface area contributed by atoms with Gasteiger partial charge in [-0.3, -0.25) is 9.78 Å². The molecule has 2 aromatic rings. The third-order valence-electron chi connectivity index (χ3n) is 4.53. The molecule has 1 aliphatic rings. The summed E-state index contributed by atoms with van der Waals surface area (Å²) in [5, 5.41) is 5.52. The van der Waals surface area contributed by atoms with Gasteiger partial charge in [0.15, 0.2) is 0 Å². The van der Waals surface area contributed by atoms with Crippen molar-refractivity contribution in [3.05, 3.63) is 52.5 Å². The highest BCUT2D eigenvalue weighted by Gasteiger charge is 2.27. The molecule has 24 heavy (non-hydrogen) atoms. The van der Waals surface area contributed by atoms with Gasteiger partial charge < -0.3 is 10.2 Å². The summed E-state index contributed by atoms with van der Waals surface area (Å²) in [6, 6.07) is 8.41. The molecule has 2 aromatic heterocycles. The van der Waals surface area contributed by atoms with Crippen LogP contribution in [0.1, 0.15) is 42.2 Å². The maximum atomic E-state index is 12.7. The Balaban J connectivity index is 1.45. The quantitative estimate of drug-likeness (QED) is 0.784. The Labute approximate surface area is 147 Å².